The molecule has 4 heteroatoms. The van der Waals surface area contributed by atoms with Gasteiger partial charge in [-0.3, -0.25) is 4.79 Å². The fourth-order valence-corrected chi connectivity index (χ4v) is 0.753. The number of aliphatic hydroxyl groups excluding tert-OH is 1. The van der Waals surface area contributed by atoms with E-state index in [9.17, 15) is 4.79 Å². The van der Waals surface area contributed by atoms with E-state index in [2.05, 4.69) is 0 Å². The second kappa shape index (κ2) is 5.11. The maximum atomic E-state index is 11.0. The standard InChI is InChI=1S/C8H17NO3/c1-4-12-8(11)7(9)5(2)6(3)10/h5-7,10H,4,9H2,1-3H3. The van der Waals surface area contributed by atoms with Crippen molar-refractivity contribution < 1.29 is 14.6 Å². The highest BCUT2D eigenvalue weighted by molar-refractivity contribution is 5.75. The van der Waals surface area contributed by atoms with Gasteiger partial charge in [-0.25, -0.2) is 0 Å². The zero-order valence-electron chi connectivity index (χ0n) is 7.78. The van der Waals surface area contributed by atoms with Crippen LogP contribution in [0.5, 0.6) is 0 Å². The maximum absolute atomic E-state index is 11.0. The smallest absolute Gasteiger partial charge is 0.323 e. The van der Waals surface area contributed by atoms with E-state index < -0.39 is 18.1 Å². The van der Waals surface area contributed by atoms with Gasteiger partial charge in [0.25, 0.3) is 0 Å². The van der Waals surface area contributed by atoms with Crippen LogP contribution < -0.4 is 5.73 Å². The van der Waals surface area contributed by atoms with Crippen LogP contribution in [0.15, 0.2) is 0 Å². The molecule has 0 aliphatic rings. The molecule has 0 saturated heterocycles. The number of nitrogens with two attached hydrogens (primary N) is 1. The van der Waals surface area contributed by atoms with Gasteiger partial charge in [0.15, 0.2) is 0 Å². The van der Waals surface area contributed by atoms with E-state index in [0.29, 0.717) is 6.61 Å². The first-order valence-corrected chi connectivity index (χ1v) is 4.11. The van der Waals surface area contributed by atoms with Crippen LogP contribution in [-0.2, 0) is 9.53 Å². The van der Waals surface area contributed by atoms with Crippen LogP contribution in [0.25, 0.3) is 0 Å². The van der Waals surface area contributed by atoms with Crippen molar-refractivity contribution >= 4 is 5.97 Å². The molecule has 72 valence electrons. The molecule has 0 heterocycles. The van der Waals surface area contributed by atoms with E-state index in [-0.39, 0.29) is 5.92 Å². The third kappa shape index (κ3) is 3.19. The third-order valence-electron chi connectivity index (χ3n) is 1.89. The molecule has 0 bridgehead atoms. The quantitative estimate of drug-likeness (QED) is 0.585. The summed E-state index contributed by atoms with van der Waals surface area (Å²) in [7, 11) is 0. The van der Waals surface area contributed by atoms with Gasteiger partial charge in [0.1, 0.15) is 6.04 Å². The minimum Gasteiger partial charge on any atom is -0.465 e. The van der Waals surface area contributed by atoms with Crippen LogP contribution in [0.1, 0.15) is 20.8 Å². The lowest BCUT2D eigenvalue weighted by atomic mass is 9.98. The molecular formula is C8H17NO3. The molecule has 0 aliphatic carbocycles. The van der Waals surface area contributed by atoms with E-state index in [1.807, 2.05) is 0 Å². The predicted molar refractivity (Wildman–Crippen MR) is 45.5 cm³/mol. The molecule has 0 aromatic carbocycles. The Kier molecular flexibility index (Phi) is 4.85. The molecule has 0 aliphatic heterocycles. The lowest BCUT2D eigenvalue weighted by Gasteiger charge is -2.20. The summed E-state index contributed by atoms with van der Waals surface area (Å²) in [6.45, 7) is 5.35. The summed E-state index contributed by atoms with van der Waals surface area (Å²) in [6.07, 6.45) is -0.593. The minimum absolute atomic E-state index is 0.274. The fraction of sp³-hybridized carbons (Fsp3) is 0.875. The van der Waals surface area contributed by atoms with Gasteiger partial charge in [-0.1, -0.05) is 6.92 Å². The highest BCUT2D eigenvalue weighted by Crippen LogP contribution is 2.07. The summed E-state index contributed by atoms with van der Waals surface area (Å²) in [5, 5.41) is 9.12. The molecule has 0 rings (SSSR count). The van der Waals surface area contributed by atoms with Crippen LogP contribution in [0.4, 0.5) is 0 Å². The van der Waals surface area contributed by atoms with Crippen molar-refractivity contribution in [1.29, 1.82) is 0 Å². The SMILES string of the molecule is CCOC(=O)C(N)C(C)C(C)O. The van der Waals surface area contributed by atoms with Gasteiger partial charge in [-0.15, -0.1) is 0 Å². The third-order valence-corrected chi connectivity index (χ3v) is 1.89. The Morgan fingerprint density at radius 1 is 1.58 bits per heavy atom. The number of esters is 1. The van der Waals surface area contributed by atoms with E-state index >= 15 is 0 Å². The normalized spacial score (nSPS) is 18.1. The average Bonchev–Trinajstić information content (AvgIpc) is 2.02. The van der Waals surface area contributed by atoms with Crippen LogP contribution in [0.2, 0.25) is 0 Å². The van der Waals surface area contributed by atoms with Crippen LogP contribution in [-0.4, -0.2) is 29.8 Å². The highest BCUT2D eigenvalue weighted by atomic mass is 16.5. The zero-order valence-corrected chi connectivity index (χ0v) is 7.78. The number of carbonyl (C=O) groups is 1. The molecule has 3 N–H and O–H groups in total. The van der Waals surface area contributed by atoms with Crippen LogP contribution in [0.3, 0.4) is 0 Å². The topological polar surface area (TPSA) is 72.5 Å². The summed E-state index contributed by atoms with van der Waals surface area (Å²) >= 11 is 0. The number of rotatable bonds is 4. The van der Waals surface area contributed by atoms with Crippen molar-refractivity contribution in [3.63, 3.8) is 0 Å². The molecule has 3 unspecified atom stereocenters. The second-order valence-electron chi connectivity index (χ2n) is 2.88. The Balaban J connectivity index is 4.00. The number of hydrogen-bond donors (Lipinski definition) is 2. The maximum Gasteiger partial charge on any atom is 0.323 e. The first-order chi connectivity index (χ1) is 5.50. The Bertz CT molecular complexity index is 147. The number of hydrogen-bond acceptors (Lipinski definition) is 4. The lowest BCUT2D eigenvalue weighted by Crippen LogP contribution is -2.42. The Hall–Kier alpha value is -0.610. The minimum atomic E-state index is -0.732. The van der Waals surface area contributed by atoms with Gasteiger partial charge >= 0.3 is 5.97 Å². The van der Waals surface area contributed by atoms with Crippen LogP contribution >= 0.6 is 0 Å². The first kappa shape index (κ1) is 11.4. The Labute approximate surface area is 72.7 Å². The molecule has 0 saturated carbocycles. The van der Waals surface area contributed by atoms with E-state index in [0.717, 1.165) is 0 Å². The van der Waals surface area contributed by atoms with Gasteiger partial charge in [0.05, 0.1) is 12.7 Å². The predicted octanol–water partition coefficient (Wildman–Crippen LogP) is -0.106. The van der Waals surface area contributed by atoms with Crippen molar-refractivity contribution in [3.8, 4) is 0 Å². The first-order valence-electron chi connectivity index (χ1n) is 4.11. The molecule has 0 spiro atoms. The van der Waals surface area contributed by atoms with Crippen molar-refractivity contribution in [1.82, 2.24) is 0 Å². The van der Waals surface area contributed by atoms with E-state index in [1.54, 1.807) is 20.8 Å². The molecule has 4 nitrogen and oxygen atoms in total. The zero-order chi connectivity index (χ0) is 9.72. The lowest BCUT2D eigenvalue weighted by molar-refractivity contribution is -0.146. The fourth-order valence-electron chi connectivity index (χ4n) is 0.753. The number of ether oxygens (including phenoxy) is 1. The van der Waals surface area contributed by atoms with Gasteiger partial charge in [0, 0.05) is 5.92 Å². The number of carbonyl (C=O) groups excluding carboxylic acids is 1. The van der Waals surface area contributed by atoms with Crippen molar-refractivity contribution in [2.45, 2.75) is 32.9 Å². The van der Waals surface area contributed by atoms with Gasteiger partial charge < -0.3 is 15.6 Å². The molecule has 0 radical (unpaired) electrons. The van der Waals surface area contributed by atoms with Crippen molar-refractivity contribution in [2.75, 3.05) is 6.61 Å². The summed E-state index contributed by atoms with van der Waals surface area (Å²) < 4.78 is 4.70. The second-order valence-corrected chi connectivity index (χ2v) is 2.88. The Morgan fingerprint density at radius 3 is 2.42 bits per heavy atom. The van der Waals surface area contributed by atoms with E-state index in [1.165, 1.54) is 0 Å². The molecular weight excluding hydrogens is 158 g/mol. The molecule has 0 aromatic rings. The Morgan fingerprint density at radius 2 is 2.08 bits per heavy atom. The molecule has 3 atom stereocenters. The van der Waals surface area contributed by atoms with E-state index in [4.69, 9.17) is 15.6 Å². The monoisotopic (exact) mass is 175 g/mol. The van der Waals surface area contributed by atoms with Crippen molar-refractivity contribution in [2.24, 2.45) is 11.7 Å². The van der Waals surface area contributed by atoms with Crippen LogP contribution in [0, 0.1) is 5.92 Å². The average molecular weight is 175 g/mol. The molecule has 0 fully saturated rings. The van der Waals surface area contributed by atoms with Gasteiger partial charge in [-0.2, -0.15) is 0 Å². The number of aliphatic hydroxyl groups is 1. The van der Waals surface area contributed by atoms with Gasteiger partial charge in [-0.05, 0) is 13.8 Å². The highest BCUT2D eigenvalue weighted by Gasteiger charge is 2.25. The largest absolute Gasteiger partial charge is 0.465 e. The summed E-state index contributed by atoms with van der Waals surface area (Å²) in [5.74, 6) is -0.727. The molecule has 0 aromatic heterocycles. The van der Waals surface area contributed by atoms with Gasteiger partial charge in [0.2, 0.25) is 0 Å². The summed E-state index contributed by atoms with van der Waals surface area (Å²) in [6, 6.07) is -0.732. The molecule has 12 heavy (non-hydrogen) atoms. The molecule has 0 amide bonds. The summed E-state index contributed by atoms with van der Waals surface area (Å²) in [4.78, 5) is 11.0. The van der Waals surface area contributed by atoms with Crippen molar-refractivity contribution in [3.05, 3.63) is 0 Å². The summed E-state index contributed by atoms with van der Waals surface area (Å²) in [5.41, 5.74) is 5.51.